The Balaban J connectivity index is 1.70. The largest absolute Gasteiger partial charge is 0.321 e. The van der Waals surface area contributed by atoms with E-state index in [9.17, 15) is 9.59 Å². The number of benzene rings is 4. The summed E-state index contributed by atoms with van der Waals surface area (Å²) in [5.74, 6) is -0.485. The number of aromatic amines is 1. The van der Waals surface area contributed by atoms with E-state index in [-0.39, 0.29) is 5.56 Å². The number of nitrogens with one attached hydrogen (secondary N) is 2. The molecule has 0 fully saturated rings. The summed E-state index contributed by atoms with van der Waals surface area (Å²) in [6, 6.07) is 32.4. The van der Waals surface area contributed by atoms with Gasteiger partial charge in [-0.1, -0.05) is 97.1 Å². The first-order chi connectivity index (χ1) is 15.7. The Labute approximate surface area is 184 Å². The van der Waals surface area contributed by atoms with E-state index in [4.69, 9.17) is 0 Å². The first-order valence-electron chi connectivity index (χ1n) is 10.2. The lowest BCUT2D eigenvalue weighted by Crippen LogP contribution is -2.26. The molecule has 5 nitrogen and oxygen atoms in total. The molecule has 2 N–H and O–H groups in total. The maximum absolute atomic E-state index is 13.5. The molecule has 4 aromatic carbocycles. The molecule has 0 bridgehead atoms. The van der Waals surface area contributed by atoms with Gasteiger partial charge in [0.1, 0.15) is 5.56 Å². The summed E-state index contributed by atoms with van der Waals surface area (Å²) in [5, 5.41) is 11.7. The van der Waals surface area contributed by atoms with Gasteiger partial charge in [-0.25, -0.2) is 5.10 Å². The van der Waals surface area contributed by atoms with E-state index in [1.807, 2.05) is 103 Å². The van der Waals surface area contributed by atoms with E-state index in [0.717, 1.165) is 21.9 Å². The van der Waals surface area contributed by atoms with Crippen LogP contribution < -0.4 is 10.9 Å². The van der Waals surface area contributed by atoms with Gasteiger partial charge in [0, 0.05) is 22.2 Å². The summed E-state index contributed by atoms with van der Waals surface area (Å²) in [6.45, 7) is 0. The standard InChI is InChI=1S/C27H19N3O2/c31-26(28-22-17-9-15-18-10-7-8-16-21(18)22)24-23(19-11-3-1-4-12-19)25(29-30-27(24)32)20-13-5-2-6-14-20/h1-17H,(H,28,31)(H,30,32). The highest BCUT2D eigenvalue weighted by atomic mass is 16.2. The highest BCUT2D eigenvalue weighted by Crippen LogP contribution is 2.32. The minimum absolute atomic E-state index is 0.0259. The van der Waals surface area contributed by atoms with Crippen LogP contribution in [0.3, 0.4) is 0 Å². The Morgan fingerprint density at radius 1 is 0.719 bits per heavy atom. The highest BCUT2D eigenvalue weighted by Gasteiger charge is 2.23. The van der Waals surface area contributed by atoms with Gasteiger partial charge < -0.3 is 5.32 Å². The summed E-state index contributed by atoms with van der Waals surface area (Å²) in [6.07, 6.45) is 0. The smallest absolute Gasteiger partial charge is 0.277 e. The summed E-state index contributed by atoms with van der Waals surface area (Å²) < 4.78 is 0. The molecule has 5 aromatic rings. The van der Waals surface area contributed by atoms with Crippen molar-refractivity contribution < 1.29 is 4.79 Å². The second kappa shape index (κ2) is 8.32. The number of H-pyrrole nitrogens is 1. The summed E-state index contributed by atoms with van der Waals surface area (Å²) in [5.41, 5.74) is 2.72. The quantitative estimate of drug-likeness (QED) is 0.405. The molecule has 0 unspecified atom stereocenters. The second-order valence-corrected chi connectivity index (χ2v) is 7.36. The number of carbonyl (C=O) groups excluding carboxylic acids is 1. The van der Waals surface area contributed by atoms with Crippen LogP contribution in [-0.2, 0) is 0 Å². The maximum atomic E-state index is 13.5. The maximum Gasteiger partial charge on any atom is 0.277 e. The van der Waals surface area contributed by atoms with Crippen LogP contribution in [0, 0.1) is 0 Å². The van der Waals surface area contributed by atoms with Crippen molar-refractivity contribution in [3.8, 4) is 22.4 Å². The molecule has 5 rings (SSSR count). The number of hydrogen-bond donors (Lipinski definition) is 2. The average molecular weight is 417 g/mol. The molecule has 0 spiro atoms. The van der Waals surface area contributed by atoms with Crippen LogP contribution in [0.25, 0.3) is 33.2 Å². The third-order valence-electron chi connectivity index (χ3n) is 5.36. The molecular formula is C27H19N3O2. The molecule has 0 aliphatic carbocycles. The summed E-state index contributed by atoms with van der Waals surface area (Å²) in [7, 11) is 0. The van der Waals surface area contributed by atoms with Gasteiger partial charge in [-0.3, -0.25) is 9.59 Å². The summed E-state index contributed by atoms with van der Waals surface area (Å²) >= 11 is 0. The number of aromatic nitrogens is 2. The molecule has 0 saturated heterocycles. The molecule has 5 heteroatoms. The van der Waals surface area contributed by atoms with Crippen molar-refractivity contribution in [2.45, 2.75) is 0 Å². The molecular weight excluding hydrogens is 398 g/mol. The van der Waals surface area contributed by atoms with Crippen LogP contribution in [0.15, 0.2) is 108 Å². The van der Waals surface area contributed by atoms with Crippen molar-refractivity contribution in [2.24, 2.45) is 0 Å². The van der Waals surface area contributed by atoms with Crippen LogP contribution in [0.2, 0.25) is 0 Å². The monoisotopic (exact) mass is 417 g/mol. The van der Waals surface area contributed by atoms with E-state index in [2.05, 4.69) is 15.5 Å². The zero-order valence-corrected chi connectivity index (χ0v) is 17.1. The molecule has 0 atom stereocenters. The minimum Gasteiger partial charge on any atom is -0.321 e. The third-order valence-corrected chi connectivity index (χ3v) is 5.36. The Bertz CT molecular complexity index is 1470. The fourth-order valence-electron chi connectivity index (χ4n) is 3.88. The summed E-state index contributed by atoms with van der Waals surface area (Å²) in [4.78, 5) is 26.4. The molecule has 1 heterocycles. The Morgan fingerprint density at radius 2 is 1.34 bits per heavy atom. The van der Waals surface area contributed by atoms with E-state index in [1.165, 1.54) is 0 Å². The van der Waals surface area contributed by atoms with Gasteiger partial charge in [-0.15, -0.1) is 0 Å². The van der Waals surface area contributed by atoms with E-state index < -0.39 is 11.5 Å². The number of nitrogens with zero attached hydrogens (tertiary/aromatic N) is 1. The Kier molecular flexibility index (Phi) is 5.06. The molecule has 1 aromatic heterocycles. The Morgan fingerprint density at radius 3 is 2.09 bits per heavy atom. The lowest BCUT2D eigenvalue weighted by Gasteiger charge is -2.14. The topological polar surface area (TPSA) is 74.8 Å². The van der Waals surface area contributed by atoms with Gasteiger partial charge in [0.25, 0.3) is 11.5 Å². The predicted molar refractivity (Wildman–Crippen MR) is 128 cm³/mol. The van der Waals surface area contributed by atoms with E-state index in [1.54, 1.807) is 0 Å². The van der Waals surface area contributed by atoms with Crippen molar-refractivity contribution in [1.29, 1.82) is 0 Å². The van der Waals surface area contributed by atoms with Crippen molar-refractivity contribution >= 4 is 22.4 Å². The third kappa shape index (κ3) is 3.56. The van der Waals surface area contributed by atoms with Crippen LogP contribution in [0.1, 0.15) is 10.4 Å². The van der Waals surface area contributed by atoms with Crippen LogP contribution in [0.4, 0.5) is 5.69 Å². The zero-order valence-electron chi connectivity index (χ0n) is 17.1. The van der Waals surface area contributed by atoms with Crippen LogP contribution >= 0.6 is 0 Å². The molecule has 0 aliphatic rings. The van der Waals surface area contributed by atoms with Gasteiger partial charge in [0.2, 0.25) is 0 Å². The first kappa shape index (κ1) is 19.5. The van der Waals surface area contributed by atoms with Crippen molar-refractivity contribution in [3.63, 3.8) is 0 Å². The SMILES string of the molecule is O=C(Nc1cccc2ccccc12)c1c(-c2ccccc2)c(-c2ccccc2)n[nH]c1=O. The molecule has 32 heavy (non-hydrogen) atoms. The Hall–Kier alpha value is -4.51. The van der Waals surface area contributed by atoms with Crippen LogP contribution in [-0.4, -0.2) is 16.1 Å². The second-order valence-electron chi connectivity index (χ2n) is 7.36. The van der Waals surface area contributed by atoms with Gasteiger partial charge >= 0.3 is 0 Å². The van der Waals surface area contributed by atoms with Gasteiger partial charge in [0.05, 0.1) is 5.69 Å². The number of carbonyl (C=O) groups is 1. The molecule has 154 valence electrons. The molecule has 0 aliphatic heterocycles. The fraction of sp³-hybridized carbons (Fsp3) is 0. The molecule has 0 saturated carbocycles. The normalized spacial score (nSPS) is 10.8. The van der Waals surface area contributed by atoms with Gasteiger partial charge in [0.15, 0.2) is 0 Å². The van der Waals surface area contributed by atoms with Gasteiger partial charge in [-0.2, -0.15) is 5.10 Å². The van der Waals surface area contributed by atoms with E-state index >= 15 is 0 Å². The molecule has 1 amide bonds. The number of amides is 1. The van der Waals surface area contributed by atoms with Crippen LogP contribution in [0.5, 0.6) is 0 Å². The minimum atomic E-state index is -0.540. The zero-order chi connectivity index (χ0) is 21.9. The van der Waals surface area contributed by atoms with Crippen molar-refractivity contribution in [2.75, 3.05) is 5.32 Å². The van der Waals surface area contributed by atoms with Gasteiger partial charge in [-0.05, 0) is 17.0 Å². The number of fused-ring (bicyclic) bond motifs is 1. The first-order valence-corrected chi connectivity index (χ1v) is 10.2. The fourth-order valence-corrected chi connectivity index (χ4v) is 3.88. The molecule has 0 radical (unpaired) electrons. The number of hydrogen-bond acceptors (Lipinski definition) is 3. The van der Waals surface area contributed by atoms with E-state index in [0.29, 0.717) is 16.9 Å². The number of anilines is 1. The lowest BCUT2D eigenvalue weighted by molar-refractivity contribution is 0.102. The number of rotatable bonds is 4. The lowest BCUT2D eigenvalue weighted by atomic mass is 9.95. The average Bonchev–Trinajstić information content (AvgIpc) is 2.85. The van der Waals surface area contributed by atoms with Crippen molar-refractivity contribution in [1.82, 2.24) is 10.2 Å². The predicted octanol–water partition coefficient (Wildman–Crippen LogP) is 5.51. The highest BCUT2D eigenvalue weighted by molar-refractivity contribution is 6.13. The van der Waals surface area contributed by atoms with Crippen molar-refractivity contribution in [3.05, 3.63) is 119 Å².